The van der Waals surface area contributed by atoms with Gasteiger partial charge in [-0.25, -0.2) is 0 Å². The average Bonchev–Trinajstić information content (AvgIpc) is 2.71. The van der Waals surface area contributed by atoms with Gasteiger partial charge in [0, 0.05) is 38.2 Å². The Bertz CT molecular complexity index is 355. The number of nitrogens with zero attached hydrogens (tertiary/aromatic N) is 1. The number of nitrogens with one attached hydrogen (secondary N) is 2. The summed E-state index contributed by atoms with van der Waals surface area (Å²) in [5, 5.41) is 5.07. The molecule has 0 bridgehead atoms. The summed E-state index contributed by atoms with van der Waals surface area (Å²) in [6, 6.07) is 0. The van der Waals surface area contributed by atoms with Gasteiger partial charge in [0.15, 0.2) is 7.98 Å². The second-order valence-electron chi connectivity index (χ2n) is 3.83. The summed E-state index contributed by atoms with van der Waals surface area (Å²) in [6.07, 6.45) is 2.47. The lowest BCUT2D eigenvalue weighted by Gasteiger charge is -2.13. The normalized spacial score (nSPS) is 14.2. The van der Waals surface area contributed by atoms with Crippen LogP contribution in [-0.2, 0) is 19.1 Å². The predicted octanol–water partition coefficient (Wildman–Crippen LogP) is -1.89. The minimum Gasteiger partial charge on any atom is -0.378 e. The van der Waals surface area contributed by atoms with Crippen molar-refractivity contribution in [2.45, 2.75) is 6.42 Å². The van der Waals surface area contributed by atoms with Crippen LogP contribution in [-0.4, -0.2) is 63.5 Å². The lowest BCUT2D eigenvalue weighted by atomic mass is 10.3. The summed E-state index contributed by atoms with van der Waals surface area (Å²) in [7, 11) is 5.05. The van der Waals surface area contributed by atoms with Gasteiger partial charge in [0.05, 0.1) is 13.2 Å². The van der Waals surface area contributed by atoms with Gasteiger partial charge in [-0.2, -0.15) is 0 Å². The lowest BCUT2D eigenvalue weighted by Crippen LogP contribution is -2.35. The molecular weight excluding hydrogens is 249 g/mol. The largest absolute Gasteiger partial charge is 0.378 e. The molecule has 0 saturated carbocycles. The molecule has 2 N–H and O–H groups in total. The van der Waals surface area contributed by atoms with E-state index in [0.717, 1.165) is 4.90 Å². The second kappa shape index (κ2) is 8.44. The van der Waals surface area contributed by atoms with Crippen molar-refractivity contribution in [3.05, 3.63) is 12.2 Å². The van der Waals surface area contributed by atoms with Crippen LogP contribution >= 0.6 is 0 Å². The number of carbonyl (C=O) groups excluding carboxylic acids is 3. The topological polar surface area (TPSA) is 87.7 Å². The third-order valence-electron chi connectivity index (χ3n) is 2.42. The molecule has 0 aromatic carbocycles. The molecule has 0 spiro atoms. The SMILES string of the molecule is [B]NCCOCCNC(=O)CCN1C(=O)C=CC1=O. The Hall–Kier alpha value is -1.67. The number of rotatable bonds is 9. The van der Waals surface area contributed by atoms with Crippen LogP contribution in [0.5, 0.6) is 0 Å². The van der Waals surface area contributed by atoms with Crippen LogP contribution in [0.3, 0.4) is 0 Å². The van der Waals surface area contributed by atoms with Gasteiger partial charge in [-0.15, -0.1) is 0 Å². The fourth-order valence-corrected chi connectivity index (χ4v) is 1.45. The first kappa shape index (κ1) is 15.4. The maximum absolute atomic E-state index is 11.4. The molecule has 0 aromatic rings. The number of carbonyl (C=O) groups is 3. The van der Waals surface area contributed by atoms with Crippen molar-refractivity contribution >= 4 is 25.7 Å². The Morgan fingerprint density at radius 2 is 1.84 bits per heavy atom. The molecule has 0 saturated heterocycles. The minimum atomic E-state index is -0.379. The number of hydrogen-bond acceptors (Lipinski definition) is 5. The highest BCUT2D eigenvalue weighted by Gasteiger charge is 2.23. The summed E-state index contributed by atoms with van der Waals surface area (Å²) < 4.78 is 5.15. The molecule has 1 rings (SSSR count). The third kappa shape index (κ3) is 5.67. The third-order valence-corrected chi connectivity index (χ3v) is 2.42. The van der Waals surface area contributed by atoms with E-state index in [1.165, 1.54) is 12.2 Å². The molecule has 8 heteroatoms. The first-order chi connectivity index (χ1) is 9.15. The van der Waals surface area contributed by atoms with Crippen molar-refractivity contribution in [3.8, 4) is 0 Å². The molecule has 0 aromatic heterocycles. The Morgan fingerprint density at radius 3 is 2.47 bits per heavy atom. The van der Waals surface area contributed by atoms with E-state index in [0.29, 0.717) is 26.3 Å². The molecule has 1 heterocycles. The van der Waals surface area contributed by atoms with Crippen LogP contribution in [0, 0.1) is 0 Å². The molecule has 102 valence electrons. The van der Waals surface area contributed by atoms with E-state index in [2.05, 4.69) is 10.5 Å². The summed E-state index contributed by atoms with van der Waals surface area (Å²) in [5.41, 5.74) is 0. The minimum absolute atomic E-state index is 0.0868. The number of amides is 3. The van der Waals surface area contributed by atoms with Crippen molar-refractivity contribution < 1.29 is 19.1 Å². The van der Waals surface area contributed by atoms with Crippen molar-refractivity contribution in [3.63, 3.8) is 0 Å². The molecule has 0 atom stereocenters. The molecule has 2 radical (unpaired) electrons. The zero-order chi connectivity index (χ0) is 14.1. The van der Waals surface area contributed by atoms with Gasteiger partial charge in [0.2, 0.25) is 5.91 Å². The number of imide groups is 1. The highest BCUT2D eigenvalue weighted by atomic mass is 16.5. The second-order valence-corrected chi connectivity index (χ2v) is 3.83. The Kier molecular flexibility index (Phi) is 6.84. The van der Waals surface area contributed by atoms with Gasteiger partial charge in [-0.1, -0.05) is 0 Å². The zero-order valence-electron chi connectivity index (χ0n) is 10.6. The quantitative estimate of drug-likeness (QED) is 0.289. The highest BCUT2D eigenvalue weighted by molar-refractivity contribution is 6.13. The molecule has 19 heavy (non-hydrogen) atoms. The molecule has 0 fully saturated rings. The first-order valence-electron chi connectivity index (χ1n) is 5.96. The van der Waals surface area contributed by atoms with E-state index in [1.807, 2.05) is 0 Å². The first-order valence-corrected chi connectivity index (χ1v) is 5.96. The van der Waals surface area contributed by atoms with E-state index in [9.17, 15) is 14.4 Å². The summed E-state index contributed by atoms with van der Waals surface area (Å²) in [5.74, 6) is -0.987. The van der Waals surface area contributed by atoms with Crippen LogP contribution in [0.25, 0.3) is 0 Å². The smallest absolute Gasteiger partial charge is 0.253 e. The molecule has 7 nitrogen and oxygen atoms in total. The lowest BCUT2D eigenvalue weighted by molar-refractivity contribution is -0.137. The van der Waals surface area contributed by atoms with Crippen molar-refractivity contribution in [2.75, 3.05) is 32.8 Å². The van der Waals surface area contributed by atoms with E-state index >= 15 is 0 Å². The summed E-state index contributed by atoms with van der Waals surface area (Å²) >= 11 is 0. The van der Waals surface area contributed by atoms with E-state index in [4.69, 9.17) is 12.7 Å². The fourth-order valence-electron chi connectivity index (χ4n) is 1.45. The van der Waals surface area contributed by atoms with Crippen LogP contribution in [0.2, 0.25) is 0 Å². The van der Waals surface area contributed by atoms with Crippen LogP contribution < -0.4 is 10.5 Å². The maximum atomic E-state index is 11.4. The van der Waals surface area contributed by atoms with Crippen molar-refractivity contribution in [1.82, 2.24) is 15.4 Å². The maximum Gasteiger partial charge on any atom is 0.253 e. The summed E-state index contributed by atoms with van der Waals surface area (Å²) in [6.45, 7) is 1.86. The van der Waals surface area contributed by atoms with Crippen LogP contribution in [0.4, 0.5) is 0 Å². The summed E-state index contributed by atoms with van der Waals surface area (Å²) in [4.78, 5) is 34.9. The number of hydrogen-bond donors (Lipinski definition) is 2. The van der Waals surface area contributed by atoms with Crippen molar-refractivity contribution in [2.24, 2.45) is 0 Å². The predicted molar refractivity (Wildman–Crippen MR) is 68.1 cm³/mol. The molecular formula is C11H16BN3O4. The van der Waals surface area contributed by atoms with Crippen LogP contribution in [0.1, 0.15) is 6.42 Å². The molecule has 3 amide bonds. The highest BCUT2D eigenvalue weighted by Crippen LogP contribution is 2.03. The fraction of sp³-hybridized carbons (Fsp3) is 0.545. The Morgan fingerprint density at radius 1 is 1.21 bits per heavy atom. The van der Waals surface area contributed by atoms with Gasteiger partial charge in [-0.05, 0) is 0 Å². The van der Waals surface area contributed by atoms with Gasteiger partial charge >= 0.3 is 0 Å². The van der Waals surface area contributed by atoms with Gasteiger partial charge in [0.25, 0.3) is 11.8 Å². The molecule has 1 aliphatic heterocycles. The van der Waals surface area contributed by atoms with E-state index in [-0.39, 0.29) is 30.7 Å². The van der Waals surface area contributed by atoms with Gasteiger partial charge in [0.1, 0.15) is 0 Å². The van der Waals surface area contributed by atoms with Gasteiger partial charge < -0.3 is 15.3 Å². The van der Waals surface area contributed by atoms with Crippen LogP contribution in [0.15, 0.2) is 12.2 Å². The molecule has 0 aliphatic carbocycles. The van der Waals surface area contributed by atoms with Gasteiger partial charge in [-0.3, -0.25) is 19.3 Å². The van der Waals surface area contributed by atoms with E-state index in [1.54, 1.807) is 0 Å². The average molecular weight is 265 g/mol. The molecule has 0 unspecified atom stereocenters. The Balaban J connectivity index is 2.05. The van der Waals surface area contributed by atoms with E-state index < -0.39 is 0 Å². The number of ether oxygens (including phenoxy) is 1. The monoisotopic (exact) mass is 265 g/mol. The Labute approximate surface area is 112 Å². The van der Waals surface area contributed by atoms with Crippen molar-refractivity contribution in [1.29, 1.82) is 0 Å². The molecule has 1 aliphatic rings. The standard InChI is InChI=1S/C11H16BN3O4/c12-14-5-8-19-7-4-13-9(16)3-6-15-10(17)1-2-11(15)18/h1-2,14H,3-8H2,(H,13,16). The zero-order valence-corrected chi connectivity index (χ0v) is 10.6.